The van der Waals surface area contributed by atoms with Crippen LogP contribution >= 0.6 is 22.9 Å². The molecular formula is C15H19ClN2OS. The monoisotopic (exact) mass is 310 g/mol. The molecule has 2 aromatic rings. The van der Waals surface area contributed by atoms with E-state index in [1.807, 2.05) is 26.0 Å². The molecule has 1 atom stereocenters. The van der Waals surface area contributed by atoms with Gasteiger partial charge in [0.15, 0.2) is 0 Å². The molecule has 1 aromatic heterocycles. The fourth-order valence-corrected chi connectivity index (χ4v) is 2.76. The van der Waals surface area contributed by atoms with Crippen LogP contribution in [-0.2, 0) is 6.54 Å². The van der Waals surface area contributed by atoms with Crippen LogP contribution in [0.15, 0.2) is 30.5 Å². The summed E-state index contributed by atoms with van der Waals surface area (Å²) >= 11 is 7.38. The Labute approximate surface area is 129 Å². The van der Waals surface area contributed by atoms with E-state index in [4.69, 9.17) is 16.3 Å². The zero-order chi connectivity index (χ0) is 14.5. The second-order valence-electron chi connectivity index (χ2n) is 4.90. The van der Waals surface area contributed by atoms with Crippen LogP contribution in [0.3, 0.4) is 0 Å². The van der Waals surface area contributed by atoms with E-state index in [-0.39, 0.29) is 12.1 Å². The van der Waals surface area contributed by atoms with Gasteiger partial charge in [-0.05, 0) is 38.5 Å². The first-order chi connectivity index (χ1) is 9.54. The Hall–Kier alpha value is -1.10. The molecule has 5 heteroatoms. The van der Waals surface area contributed by atoms with Crippen molar-refractivity contribution in [1.29, 1.82) is 0 Å². The predicted molar refractivity (Wildman–Crippen MR) is 84.6 cm³/mol. The van der Waals surface area contributed by atoms with Crippen LogP contribution in [0.2, 0.25) is 4.34 Å². The Morgan fingerprint density at radius 1 is 1.35 bits per heavy atom. The van der Waals surface area contributed by atoms with Crippen LogP contribution in [0.1, 0.15) is 37.4 Å². The molecule has 0 spiro atoms. The lowest BCUT2D eigenvalue weighted by Crippen LogP contribution is -2.18. The lowest BCUT2D eigenvalue weighted by atomic mass is 10.1. The standard InChI is InChI=1S/C15H19ClN2OS/c1-10(2)19-13-6-4-5-12(7-13)11(3)17-9-15-18-8-14(16)20-15/h4-8,10-11,17H,9H2,1-3H3. The highest BCUT2D eigenvalue weighted by Gasteiger charge is 2.08. The van der Waals surface area contributed by atoms with Crippen LogP contribution in [0.5, 0.6) is 5.75 Å². The molecule has 1 heterocycles. The second-order valence-corrected chi connectivity index (χ2v) is 6.65. The minimum absolute atomic E-state index is 0.186. The van der Waals surface area contributed by atoms with Crippen LogP contribution in [-0.4, -0.2) is 11.1 Å². The number of aromatic nitrogens is 1. The fourth-order valence-electron chi connectivity index (χ4n) is 1.86. The predicted octanol–water partition coefficient (Wildman–Crippen LogP) is 4.43. The Kier molecular flexibility index (Phi) is 5.40. The summed E-state index contributed by atoms with van der Waals surface area (Å²) in [6.45, 7) is 6.90. The minimum atomic E-state index is 0.186. The van der Waals surface area contributed by atoms with Gasteiger partial charge in [-0.1, -0.05) is 23.7 Å². The first-order valence-corrected chi connectivity index (χ1v) is 7.84. The molecule has 3 nitrogen and oxygen atoms in total. The fraction of sp³-hybridized carbons (Fsp3) is 0.400. The molecular weight excluding hydrogens is 292 g/mol. The van der Waals surface area contributed by atoms with Gasteiger partial charge in [-0.3, -0.25) is 0 Å². The molecule has 0 aliphatic rings. The normalized spacial score (nSPS) is 12.7. The summed E-state index contributed by atoms with van der Waals surface area (Å²) in [5, 5.41) is 4.44. The van der Waals surface area contributed by atoms with E-state index < -0.39 is 0 Å². The minimum Gasteiger partial charge on any atom is -0.491 e. The maximum Gasteiger partial charge on any atom is 0.120 e. The third-order valence-electron chi connectivity index (χ3n) is 2.81. The number of thiazole rings is 1. The maximum atomic E-state index is 5.87. The smallest absolute Gasteiger partial charge is 0.120 e. The van der Waals surface area contributed by atoms with Gasteiger partial charge in [-0.15, -0.1) is 11.3 Å². The zero-order valence-electron chi connectivity index (χ0n) is 11.9. The van der Waals surface area contributed by atoms with Crippen molar-refractivity contribution in [1.82, 2.24) is 10.3 Å². The quantitative estimate of drug-likeness (QED) is 0.856. The van der Waals surface area contributed by atoms with E-state index >= 15 is 0 Å². The molecule has 0 fully saturated rings. The molecule has 0 radical (unpaired) electrons. The first kappa shape index (κ1) is 15.3. The Morgan fingerprint density at radius 3 is 2.80 bits per heavy atom. The van der Waals surface area contributed by atoms with Gasteiger partial charge in [-0.2, -0.15) is 0 Å². The Balaban J connectivity index is 1.96. The number of benzene rings is 1. The van der Waals surface area contributed by atoms with E-state index in [0.717, 1.165) is 15.1 Å². The van der Waals surface area contributed by atoms with Crippen molar-refractivity contribution in [2.45, 2.75) is 39.5 Å². The van der Waals surface area contributed by atoms with E-state index in [0.29, 0.717) is 6.54 Å². The van der Waals surface area contributed by atoms with Crippen molar-refractivity contribution in [2.75, 3.05) is 0 Å². The SMILES string of the molecule is CC(C)Oc1cccc(C(C)NCc2ncc(Cl)s2)c1. The van der Waals surface area contributed by atoms with Crippen LogP contribution in [0, 0.1) is 0 Å². The summed E-state index contributed by atoms with van der Waals surface area (Å²) in [5.41, 5.74) is 1.20. The summed E-state index contributed by atoms with van der Waals surface area (Å²) in [6.07, 6.45) is 1.87. The largest absolute Gasteiger partial charge is 0.491 e. The molecule has 2 rings (SSSR count). The molecule has 1 N–H and O–H groups in total. The molecule has 0 aliphatic carbocycles. The van der Waals surface area contributed by atoms with Crippen molar-refractivity contribution in [3.8, 4) is 5.75 Å². The average molecular weight is 311 g/mol. The van der Waals surface area contributed by atoms with E-state index in [9.17, 15) is 0 Å². The number of rotatable bonds is 6. The van der Waals surface area contributed by atoms with Crippen molar-refractivity contribution < 1.29 is 4.74 Å². The van der Waals surface area contributed by atoms with Crippen LogP contribution in [0.25, 0.3) is 0 Å². The number of nitrogens with zero attached hydrogens (tertiary/aromatic N) is 1. The van der Waals surface area contributed by atoms with Gasteiger partial charge in [-0.25, -0.2) is 4.98 Å². The van der Waals surface area contributed by atoms with Gasteiger partial charge in [0, 0.05) is 12.6 Å². The highest BCUT2D eigenvalue weighted by atomic mass is 35.5. The van der Waals surface area contributed by atoms with Crippen LogP contribution in [0.4, 0.5) is 0 Å². The molecule has 108 valence electrons. The maximum absolute atomic E-state index is 5.87. The molecule has 0 amide bonds. The zero-order valence-corrected chi connectivity index (χ0v) is 13.5. The molecule has 0 bridgehead atoms. The third kappa shape index (κ3) is 4.47. The number of halogens is 1. The highest BCUT2D eigenvalue weighted by molar-refractivity contribution is 7.15. The number of nitrogens with one attached hydrogen (secondary N) is 1. The van der Waals surface area contributed by atoms with Crippen molar-refractivity contribution in [2.24, 2.45) is 0 Å². The Bertz CT molecular complexity index is 556. The molecule has 1 unspecified atom stereocenters. The van der Waals surface area contributed by atoms with Gasteiger partial charge in [0.2, 0.25) is 0 Å². The lowest BCUT2D eigenvalue weighted by Gasteiger charge is -2.16. The summed E-state index contributed by atoms with van der Waals surface area (Å²) in [5.74, 6) is 0.906. The number of ether oxygens (including phenoxy) is 1. The second kappa shape index (κ2) is 7.07. The van der Waals surface area contributed by atoms with Crippen molar-refractivity contribution in [3.05, 3.63) is 45.4 Å². The number of hydrogen-bond donors (Lipinski definition) is 1. The van der Waals surface area contributed by atoms with Gasteiger partial charge < -0.3 is 10.1 Å². The van der Waals surface area contributed by atoms with Gasteiger partial charge >= 0.3 is 0 Å². The van der Waals surface area contributed by atoms with Gasteiger partial charge in [0.1, 0.15) is 15.1 Å². The third-order valence-corrected chi connectivity index (χ3v) is 3.93. The summed E-state index contributed by atoms with van der Waals surface area (Å²) < 4.78 is 6.44. The van der Waals surface area contributed by atoms with Crippen LogP contribution < -0.4 is 10.1 Å². The van der Waals surface area contributed by atoms with E-state index in [2.05, 4.69) is 29.4 Å². The summed E-state index contributed by atoms with van der Waals surface area (Å²) in [4.78, 5) is 4.24. The van der Waals surface area contributed by atoms with E-state index in [1.54, 1.807) is 6.20 Å². The van der Waals surface area contributed by atoms with E-state index in [1.165, 1.54) is 16.9 Å². The average Bonchev–Trinajstić information content (AvgIpc) is 2.81. The van der Waals surface area contributed by atoms with Gasteiger partial charge in [0.25, 0.3) is 0 Å². The highest BCUT2D eigenvalue weighted by Crippen LogP contribution is 2.22. The summed E-state index contributed by atoms with van der Waals surface area (Å²) in [7, 11) is 0. The lowest BCUT2D eigenvalue weighted by molar-refractivity contribution is 0.242. The number of hydrogen-bond acceptors (Lipinski definition) is 4. The first-order valence-electron chi connectivity index (χ1n) is 6.65. The molecule has 20 heavy (non-hydrogen) atoms. The molecule has 0 saturated heterocycles. The Morgan fingerprint density at radius 2 is 2.15 bits per heavy atom. The van der Waals surface area contributed by atoms with Gasteiger partial charge in [0.05, 0.1) is 12.3 Å². The molecule has 1 aromatic carbocycles. The van der Waals surface area contributed by atoms with Crippen molar-refractivity contribution >= 4 is 22.9 Å². The summed E-state index contributed by atoms with van der Waals surface area (Å²) in [6, 6.07) is 8.41. The molecule has 0 aliphatic heterocycles. The topological polar surface area (TPSA) is 34.1 Å². The van der Waals surface area contributed by atoms with Crippen molar-refractivity contribution in [3.63, 3.8) is 0 Å². The molecule has 0 saturated carbocycles.